The molecule has 7 nitrogen and oxygen atoms in total. The van der Waals surface area contributed by atoms with Gasteiger partial charge in [0.15, 0.2) is 0 Å². The molecule has 1 unspecified atom stereocenters. The number of hydrogen-bond acceptors (Lipinski definition) is 6. The number of carbonyl (C=O) groups excluding carboxylic acids is 1. The molecule has 2 fully saturated rings. The number of ether oxygens (including phenoxy) is 3. The molecule has 1 aromatic carbocycles. The van der Waals surface area contributed by atoms with Crippen molar-refractivity contribution in [1.29, 1.82) is 0 Å². The average molecular weight is 426 g/mol. The van der Waals surface area contributed by atoms with Gasteiger partial charge in [0.2, 0.25) is 11.8 Å². The number of methoxy groups -OCH3 is 3. The van der Waals surface area contributed by atoms with Crippen molar-refractivity contribution in [3.05, 3.63) is 47.5 Å². The van der Waals surface area contributed by atoms with E-state index >= 15 is 0 Å². The van der Waals surface area contributed by atoms with E-state index in [-0.39, 0.29) is 11.3 Å². The van der Waals surface area contributed by atoms with Gasteiger partial charge in [-0.05, 0) is 49.6 Å². The summed E-state index contributed by atoms with van der Waals surface area (Å²) in [7, 11) is 4.78. The lowest BCUT2D eigenvalue weighted by Crippen LogP contribution is -2.45. The summed E-state index contributed by atoms with van der Waals surface area (Å²) in [5.41, 5.74) is 1.90. The fourth-order valence-corrected chi connectivity index (χ4v) is 4.94. The molecule has 31 heavy (non-hydrogen) atoms. The van der Waals surface area contributed by atoms with Crippen molar-refractivity contribution in [3.63, 3.8) is 0 Å². The van der Waals surface area contributed by atoms with Crippen LogP contribution in [0.15, 0.2) is 36.4 Å². The molecule has 0 aliphatic carbocycles. The summed E-state index contributed by atoms with van der Waals surface area (Å²) in [5, 5.41) is 0. The van der Waals surface area contributed by atoms with E-state index < -0.39 is 0 Å². The predicted molar refractivity (Wildman–Crippen MR) is 118 cm³/mol. The van der Waals surface area contributed by atoms with Gasteiger partial charge in [-0.15, -0.1) is 0 Å². The number of nitrogens with zero attached hydrogens (tertiary/aromatic N) is 3. The molecule has 2 aromatic rings. The van der Waals surface area contributed by atoms with Crippen LogP contribution >= 0.6 is 0 Å². The van der Waals surface area contributed by atoms with Gasteiger partial charge in [-0.25, -0.2) is 0 Å². The Labute approximate surface area is 183 Å². The molecule has 7 heteroatoms. The van der Waals surface area contributed by atoms with Gasteiger partial charge < -0.3 is 19.1 Å². The fraction of sp³-hybridized carbons (Fsp3) is 0.500. The molecule has 3 heterocycles. The van der Waals surface area contributed by atoms with Crippen LogP contribution in [0.1, 0.15) is 35.2 Å². The quantitative estimate of drug-likeness (QED) is 0.708. The zero-order chi connectivity index (χ0) is 21.8. The number of rotatable bonds is 6. The van der Waals surface area contributed by atoms with E-state index in [0.29, 0.717) is 17.3 Å². The molecular weight excluding hydrogens is 394 g/mol. The van der Waals surface area contributed by atoms with Gasteiger partial charge in [0, 0.05) is 37.7 Å². The van der Waals surface area contributed by atoms with Crippen LogP contribution in [0.4, 0.5) is 0 Å². The Bertz CT molecular complexity index is 935. The predicted octanol–water partition coefficient (Wildman–Crippen LogP) is 3.24. The Balaban J connectivity index is 1.44. The molecule has 4 rings (SSSR count). The molecular formula is C24H31N3O4. The van der Waals surface area contributed by atoms with Crippen molar-refractivity contribution in [1.82, 2.24) is 14.8 Å². The minimum Gasteiger partial charge on any atom is -0.497 e. The summed E-state index contributed by atoms with van der Waals surface area (Å²) >= 11 is 0. The summed E-state index contributed by atoms with van der Waals surface area (Å²) in [6.45, 7) is 4.54. The van der Waals surface area contributed by atoms with Crippen LogP contribution in [0.25, 0.3) is 0 Å². The van der Waals surface area contributed by atoms with Gasteiger partial charge in [0.05, 0.1) is 21.3 Å². The molecule has 1 amide bonds. The smallest absolute Gasteiger partial charge is 0.259 e. The molecule has 0 saturated carbocycles. The third-order valence-corrected chi connectivity index (χ3v) is 6.47. The van der Waals surface area contributed by atoms with Crippen molar-refractivity contribution < 1.29 is 19.0 Å². The largest absolute Gasteiger partial charge is 0.497 e. The molecule has 2 aliphatic heterocycles. The third-order valence-electron chi connectivity index (χ3n) is 6.47. The first kappa shape index (κ1) is 21.4. The highest BCUT2D eigenvalue weighted by Crippen LogP contribution is 2.40. The van der Waals surface area contributed by atoms with E-state index in [4.69, 9.17) is 14.2 Å². The van der Waals surface area contributed by atoms with E-state index in [1.807, 2.05) is 17.0 Å². The highest BCUT2D eigenvalue weighted by molar-refractivity contribution is 5.96. The van der Waals surface area contributed by atoms with Crippen LogP contribution in [0, 0.1) is 5.41 Å². The van der Waals surface area contributed by atoms with Gasteiger partial charge in [0.1, 0.15) is 11.3 Å². The van der Waals surface area contributed by atoms with Gasteiger partial charge >= 0.3 is 0 Å². The lowest BCUT2D eigenvalue weighted by atomic mass is 9.79. The van der Waals surface area contributed by atoms with E-state index in [1.165, 1.54) is 12.7 Å². The maximum atomic E-state index is 13.2. The van der Waals surface area contributed by atoms with Crippen molar-refractivity contribution in [2.75, 3.05) is 47.5 Å². The minimum absolute atomic E-state index is 0.0196. The van der Waals surface area contributed by atoms with E-state index in [1.54, 1.807) is 26.4 Å². The van der Waals surface area contributed by atoms with Crippen LogP contribution < -0.4 is 14.2 Å². The number of aromatic nitrogens is 1. The number of benzene rings is 1. The number of carbonyl (C=O) groups is 1. The topological polar surface area (TPSA) is 64.1 Å². The third kappa shape index (κ3) is 4.61. The molecule has 166 valence electrons. The normalized spacial score (nSPS) is 21.3. The van der Waals surface area contributed by atoms with Crippen LogP contribution in [0.5, 0.6) is 17.5 Å². The van der Waals surface area contributed by atoms with E-state index in [9.17, 15) is 4.79 Å². The van der Waals surface area contributed by atoms with Crippen molar-refractivity contribution in [2.45, 2.75) is 25.8 Å². The fourth-order valence-electron chi connectivity index (χ4n) is 4.94. The molecule has 1 atom stereocenters. The lowest BCUT2D eigenvalue weighted by molar-refractivity contribution is 0.0672. The van der Waals surface area contributed by atoms with E-state index in [2.05, 4.69) is 22.0 Å². The minimum atomic E-state index is -0.0196. The Kier molecular flexibility index (Phi) is 6.32. The van der Waals surface area contributed by atoms with Gasteiger partial charge in [-0.3, -0.25) is 9.69 Å². The maximum absolute atomic E-state index is 13.2. The Hall–Kier alpha value is -2.80. The second kappa shape index (κ2) is 9.14. The second-order valence-electron chi connectivity index (χ2n) is 8.55. The van der Waals surface area contributed by atoms with Crippen LogP contribution in [0.3, 0.4) is 0 Å². The Morgan fingerprint density at radius 2 is 1.90 bits per heavy atom. The SMILES string of the molecule is COc1cccc(CN2CCCC3(CCN(C(=O)c4ccc(OC)nc4OC)C3)C2)c1. The first-order valence-electron chi connectivity index (χ1n) is 10.8. The van der Waals surface area contributed by atoms with Crippen molar-refractivity contribution in [2.24, 2.45) is 5.41 Å². The van der Waals surface area contributed by atoms with Crippen LogP contribution in [-0.2, 0) is 6.54 Å². The van der Waals surface area contributed by atoms with Crippen molar-refractivity contribution >= 4 is 5.91 Å². The maximum Gasteiger partial charge on any atom is 0.259 e. The van der Waals surface area contributed by atoms with Gasteiger partial charge in [0.25, 0.3) is 5.91 Å². The summed E-state index contributed by atoms with van der Waals surface area (Å²) in [5.74, 6) is 1.62. The average Bonchev–Trinajstić information content (AvgIpc) is 3.21. The standard InChI is InChI=1S/C24H31N3O4/c1-29-19-7-4-6-18(14-19)15-26-12-5-10-24(16-26)11-13-27(17-24)23(28)20-8-9-21(30-2)25-22(20)31-3/h4,6-9,14H,5,10-13,15-17H2,1-3H3. The number of amides is 1. The van der Waals surface area contributed by atoms with Crippen LogP contribution in [0.2, 0.25) is 0 Å². The summed E-state index contributed by atoms with van der Waals surface area (Å²) in [6.07, 6.45) is 3.34. The Morgan fingerprint density at radius 1 is 1.03 bits per heavy atom. The highest BCUT2D eigenvalue weighted by atomic mass is 16.5. The summed E-state index contributed by atoms with van der Waals surface area (Å²) in [6, 6.07) is 11.7. The molecule has 2 saturated heterocycles. The number of likely N-dealkylation sites (tertiary alicyclic amines) is 2. The van der Waals surface area contributed by atoms with Crippen molar-refractivity contribution in [3.8, 4) is 17.5 Å². The summed E-state index contributed by atoms with van der Waals surface area (Å²) < 4.78 is 15.9. The van der Waals surface area contributed by atoms with Gasteiger partial charge in [-0.1, -0.05) is 12.1 Å². The molecule has 0 radical (unpaired) electrons. The molecule has 0 bridgehead atoms. The van der Waals surface area contributed by atoms with E-state index in [0.717, 1.165) is 57.7 Å². The van der Waals surface area contributed by atoms with Gasteiger partial charge in [-0.2, -0.15) is 4.98 Å². The summed E-state index contributed by atoms with van der Waals surface area (Å²) in [4.78, 5) is 22.0. The molecule has 2 aliphatic rings. The monoisotopic (exact) mass is 425 g/mol. The molecule has 1 spiro atoms. The second-order valence-corrected chi connectivity index (χ2v) is 8.55. The number of pyridine rings is 1. The zero-order valence-corrected chi connectivity index (χ0v) is 18.6. The lowest BCUT2D eigenvalue weighted by Gasteiger charge is -2.40. The number of piperidine rings is 1. The number of hydrogen-bond donors (Lipinski definition) is 0. The highest BCUT2D eigenvalue weighted by Gasteiger charge is 2.43. The first-order chi connectivity index (χ1) is 15.1. The first-order valence-corrected chi connectivity index (χ1v) is 10.8. The zero-order valence-electron chi connectivity index (χ0n) is 18.6. The Morgan fingerprint density at radius 3 is 2.68 bits per heavy atom. The molecule has 0 N–H and O–H groups in total. The van der Waals surface area contributed by atoms with Crippen LogP contribution in [-0.4, -0.2) is 68.2 Å². The molecule has 1 aromatic heterocycles.